The van der Waals surface area contributed by atoms with Crippen LogP contribution in [-0.2, 0) is 11.2 Å². The Morgan fingerprint density at radius 2 is 2.14 bits per heavy atom. The summed E-state index contributed by atoms with van der Waals surface area (Å²) in [4.78, 5) is 33.7. The third-order valence-corrected chi connectivity index (χ3v) is 7.09. The molecule has 36 heavy (non-hydrogen) atoms. The number of rotatable bonds is 7. The van der Waals surface area contributed by atoms with Crippen molar-refractivity contribution in [3.8, 4) is 23.8 Å². The summed E-state index contributed by atoms with van der Waals surface area (Å²) >= 11 is 0. The quantitative estimate of drug-likeness (QED) is 0.268. The minimum Gasteiger partial charge on any atom is -0.508 e. The Hall–Kier alpha value is -4.03. The average Bonchev–Trinajstić information content (AvgIpc) is 3.28. The molecule has 5 rings (SSSR count). The van der Waals surface area contributed by atoms with Crippen molar-refractivity contribution in [2.24, 2.45) is 0 Å². The fourth-order valence-corrected chi connectivity index (χ4v) is 5.43. The summed E-state index contributed by atoms with van der Waals surface area (Å²) in [5.74, 6) is 1.84. The van der Waals surface area contributed by atoms with Gasteiger partial charge in [-0.25, -0.2) is 9.18 Å². The van der Waals surface area contributed by atoms with Crippen molar-refractivity contribution in [3.63, 3.8) is 0 Å². The Balaban J connectivity index is 1.63. The first-order chi connectivity index (χ1) is 17.3. The number of hydrogen-bond acceptors (Lipinski definition) is 5. The van der Waals surface area contributed by atoms with Gasteiger partial charge >= 0.3 is 6.03 Å². The molecule has 0 radical (unpaired) electrons. The van der Waals surface area contributed by atoms with Crippen molar-refractivity contribution in [3.05, 3.63) is 59.0 Å². The fraction of sp³-hybridized carbons (Fsp3) is 0.333. The Labute approximate surface area is 208 Å². The van der Waals surface area contributed by atoms with Gasteiger partial charge in [0.15, 0.2) is 11.6 Å². The van der Waals surface area contributed by atoms with E-state index in [1.807, 2.05) is 0 Å². The number of phenolic OH excluding ortho intramolecular Hbond substituents is 1. The number of fused-ring (bicyclic) bond motifs is 4. The molecule has 0 aliphatic carbocycles. The molecule has 1 unspecified atom stereocenters. The largest absolute Gasteiger partial charge is 0.508 e. The number of nitrogens with zero attached hydrogens (tertiary/aromatic N) is 2. The smallest absolute Gasteiger partial charge is 0.328 e. The summed E-state index contributed by atoms with van der Waals surface area (Å²) in [6, 6.07) is 8.51. The lowest BCUT2D eigenvalue weighted by atomic mass is 9.81. The number of aromatic amines is 1. The lowest BCUT2D eigenvalue weighted by molar-refractivity contribution is -0.133. The minimum absolute atomic E-state index is 0.0413. The maximum Gasteiger partial charge on any atom is 0.328 e. The van der Waals surface area contributed by atoms with Gasteiger partial charge in [-0.3, -0.25) is 14.6 Å². The zero-order chi connectivity index (χ0) is 25.6. The number of methoxy groups -OCH3 is 1. The highest BCUT2D eigenvalue weighted by Gasteiger charge is 2.60. The van der Waals surface area contributed by atoms with E-state index in [-0.39, 0.29) is 30.4 Å². The van der Waals surface area contributed by atoms with Crippen molar-refractivity contribution in [1.29, 1.82) is 0 Å². The molecule has 2 aliphatic heterocycles. The van der Waals surface area contributed by atoms with Gasteiger partial charge in [0, 0.05) is 35.6 Å². The topological polar surface area (TPSA) is 97.9 Å². The molecule has 1 fully saturated rings. The molecular weight excluding hydrogens is 463 g/mol. The summed E-state index contributed by atoms with van der Waals surface area (Å²) in [5.41, 5.74) is 1.52. The second-order valence-electron chi connectivity index (χ2n) is 9.34. The highest BCUT2D eigenvalue weighted by molar-refractivity contribution is 6.08. The highest BCUT2D eigenvalue weighted by Crippen LogP contribution is 2.49. The molecule has 3 amide bonds. The van der Waals surface area contributed by atoms with Crippen molar-refractivity contribution in [2.45, 2.75) is 31.3 Å². The lowest BCUT2D eigenvalue weighted by Gasteiger charge is -2.42. The number of nitrogens with one attached hydrogen (secondary N) is 2. The van der Waals surface area contributed by atoms with E-state index >= 15 is 0 Å². The minimum atomic E-state index is -1.16. The number of H-pyrrole nitrogens is 1. The Morgan fingerprint density at radius 3 is 2.86 bits per heavy atom. The van der Waals surface area contributed by atoms with Crippen LogP contribution in [0.2, 0.25) is 0 Å². The van der Waals surface area contributed by atoms with Gasteiger partial charge < -0.3 is 20.1 Å². The number of carbonyl (C=O) groups excluding carboxylic acids is 2. The van der Waals surface area contributed by atoms with Crippen LogP contribution in [0.3, 0.4) is 0 Å². The van der Waals surface area contributed by atoms with Crippen LogP contribution in [0.1, 0.15) is 36.2 Å². The monoisotopic (exact) mass is 490 g/mol. The molecule has 2 aliphatic rings. The third kappa shape index (κ3) is 3.57. The van der Waals surface area contributed by atoms with Crippen LogP contribution in [0.15, 0.2) is 36.4 Å². The van der Waals surface area contributed by atoms with Crippen LogP contribution in [0.5, 0.6) is 11.5 Å². The van der Waals surface area contributed by atoms with E-state index in [2.05, 4.69) is 16.2 Å². The van der Waals surface area contributed by atoms with Crippen molar-refractivity contribution >= 4 is 22.8 Å². The number of terminal acetylenes is 1. The molecule has 0 spiro atoms. The first-order valence-corrected chi connectivity index (χ1v) is 11.8. The first kappa shape index (κ1) is 23.7. The summed E-state index contributed by atoms with van der Waals surface area (Å²) in [6.07, 6.45) is 6.08. The number of halogens is 1. The molecule has 3 heterocycles. The van der Waals surface area contributed by atoms with Crippen molar-refractivity contribution in [2.75, 3.05) is 26.7 Å². The number of benzene rings is 2. The number of phenols is 1. The van der Waals surface area contributed by atoms with E-state index in [9.17, 15) is 19.1 Å². The van der Waals surface area contributed by atoms with E-state index in [0.717, 1.165) is 10.9 Å². The van der Waals surface area contributed by atoms with Crippen LogP contribution in [0.25, 0.3) is 10.9 Å². The van der Waals surface area contributed by atoms with Crippen LogP contribution >= 0.6 is 0 Å². The molecule has 0 bridgehead atoms. The molecule has 1 saturated heterocycles. The molecule has 9 heteroatoms. The Kier molecular flexibility index (Phi) is 5.85. The summed E-state index contributed by atoms with van der Waals surface area (Å²) in [6.45, 7) is 3.00. The maximum absolute atomic E-state index is 14.5. The highest BCUT2D eigenvalue weighted by atomic mass is 19.1. The molecule has 3 N–H and O–H groups in total. The van der Waals surface area contributed by atoms with E-state index < -0.39 is 23.4 Å². The summed E-state index contributed by atoms with van der Waals surface area (Å²) in [5, 5.41) is 14.0. The number of urea groups is 1. The second kappa shape index (κ2) is 8.88. The maximum atomic E-state index is 14.5. The van der Waals surface area contributed by atoms with Crippen LogP contribution in [0.4, 0.5) is 9.18 Å². The Bertz CT molecular complexity index is 1410. The summed E-state index contributed by atoms with van der Waals surface area (Å²) < 4.78 is 19.7. The SMILES string of the molecule is C#CCNCCCN1C(=O)N2C(c3cccc(O)c3)c3[nH]c4cc(F)c(OC)cc4c3C[C@@]2(C)C1=O. The van der Waals surface area contributed by atoms with Gasteiger partial charge in [0.05, 0.1) is 13.7 Å². The molecule has 0 saturated carbocycles. The predicted molar refractivity (Wildman–Crippen MR) is 132 cm³/mol. The number of carbonyl (C=O) groups is 2. The molecule has 3 aromatic rings. The molecule has 186 valence electrons. The normalized spacial score (nSPS) is 21.0. The fourth-order valence-electron chi connectivity index (χ4n) is 5.43. The van der Waals surface area contributed by atoms with Crippen LogP contribution in [-0.4, -0.2) is 64.1 Å². The van der Waals surface area contributed by atoms with Gasteiger partial charge in [-0.05, 0) is 49.2 Å². The molecule has 2 aromatic carbocycles. The Morgan fingerprint density at radius 1 is 1.33 bits per heavy atom. The van der Waals surface area contributed by atoms with Gasteiger partial charge in [-0.15, -0.1) is 6.42 Å². The standard InChI is InChI=1S/C27H27FN4O4/c1-4-9-29-10-6-11-31-25(34)27(2)15-19-18-13-22(36-3)20(28)14-21(18)30-23(19)24(32(27)26(31)35)16-7-5-8-17(33)12-16/h1,5,7-8,12-14,24,29-30,33H,6,9-11,15H2,2-3H3/t24?,27-/m0/s1. The molecule has 1 aromatic heterocycles. The van der Waals surface area contributed by atoms with Crippen LogP contribution < -0.4 is 10.1 Å². The number of aromatic nitrogens is 1. The molecular formula is C27H27FN4O4. The van der Waals surface area contributed by atoms with Gasteiger partial charge in [-0.2, -0.15) is 0 Å². The molecule has 8 nitrogen and oxygen atoms in total. The predicted octanol–water partition coefficient (Wildman–Crippen LogP) is 3.30. The van der Waals surface area contributed by atoms with E-state index in [0.29, 0.717) is 36.3 Å². The van der Waals surface area contributed by atoms with Gasteiger partial charge in [0.25, 0.3) is 5.91 Å². The number of aromatic hydroxyl groups is 1. The third-order valence-electron chi connectivity index (χ3n) is 7.09. The number of ether oxygens (including phenoxy) is 1. The van der Waals surface area contributed by atoms with Gasteiger partial charge in [-0.1, -0.05) is 18.1 Å². The van der Waals surface area contributed by atoms with Gasteiger partial charge in [0.1, 0.15) is 17.3 Å². The van der Waals surface area contributed by atoms with Crippen molar-refractivity contribution in [1.82, 2.24) is 20.1 Å². The second-order valence-corrected chi connectivity index (χ2v) is 9.34. The average molecular weight is 491 g/mol. The van der Waals surface area contributed by atoms with Gasteiger partial charge in [0.2, 0.25) is 0 Å². The summed E-state index contributed by atoms with van der Waals surface area (Å²) in [7, 11) is 1.40. The lowest BCUT2D eigenvalue weighted by Crippen LogP contribution is -2.53. The van der Waals surface area contributed by atoms with E-state index in [1.54, 1.807) is 42.2 Å². The number of amides is 3. The number of hydrogen-bond donors (Lipinski definition) is 3. The van der Waals surface area contributed by atoms with E-state index in [4.69, 9.17) is 11.2 Å². The van der Waals surface area contributed by atoms with Crippen LogP contribution in [0, 0.1) is 18.2 Å². The van der Waals surface area contributed by atoms with Crippen molar-refractivity contribution < 1.29 is 23.8 Å². The molecule has 2 atom stereocenters. The zero-order valence-electron chi connectivity index (χ0n) is 20.1. The first-order valence-electron chi connectivity index (χ1n) is 11.8. The number of imide groups is 1. The zero-order valence-corrected chi connectivity index (χ0v) is 20.1. The van der Waals surface area contributed by atoms with E-state index in [1.165, 1.54) is 18.1 Å².